The summed E-state index contributed by atoms with van der Waals surface area (Å²) in [6.07, 6.45) is 0. The third-order valence-electron chi connectivity index (χ3n) is 9.33. The minimum atomic E-state index is 1.21. The van der Waals surface area contributed by atoms with Crippen LogP contribution < -0.4 is 0 Å². The molecule has 0 fully saturated rings. The molecule has 0 aliphatic carbocycles. The fourth-order valence-electron chi connectivity index (χ4n) is 7.48. The monoisotopic (exact) mass is 575 g/mol. The van der Waals surface area contributed by atoms with Gasteiger partial charge in [-0.3, -0.25) is 0 Å². The summed E-state index contributed by atoms with van der Waals surface area (Å²) in [7, 11) is 0. The molecule has 3 aromatic heterocycles. The molecular formula is C42H25NS. The van der Waals surface area contributed by atoms with Crippen molar-refractivity contribution in [3.05, 3.63) is 152 Å². The molecule has 10 aromatic rings. The molecule has 0 unspecified atom stereocenters. The van der Waals surface area contributed by atoms with Crippen molar-refractivity contribution in [3.63, 3.8) is 0 Å². The van der Waals surface area contributed by atoms with Gasteiger partial charge in [0.1, 0.15) is 0 Å². The van der Waals surface area contributed by atoms with Gasteiger partial charge >= 0.3 is 0 Å². The molecule has 0 radical (unpaired) electrons. The number of hydrogen-bond donors (Lipinski definition) is 0. The van der Waals surface area contributed by atoms with Crippen LogP contribution in [0.3, 0.4) is 0 Å². The summed E-state index contributed by atoms with van der Waals surface area (Å²) < 4.78 is 5.21. The van der Waals surface area contributed by atoms with Crippen LogP contribution in [0.4, 0.5) is 0 Å². The highest BCUT2D eigenvalue weighted by atomic mass is 32.1. The smallest absolute Gasteiger partial charge is 0.0626 e. The maximum Gasteiger partial charge on any atom is 0.0626 e. The number of aromatic nitrogens is 1. The molecule has 0 bridgehead atoms. The van der Waals surface area contributed by atoms with Crippen LogP contribution >= 0.6 is 11.3 Å². The summed E-state index contributed by atoms with van der Waals surface area (Å²) in [5, 5.41) is 11.8. The molecule has 0 aliphatic rings. The van der Waals surface area contributed by atoms with E-state index in [1.807, 2.05) is 11.3 Å². The SMILES string of the molecule is c1ccc(-c2cc(-c3ccccc3)n3c4cc5c(cc4c4c6ccccc6c6ccccc6c4c23)sc2ccccc25)cc1. The first-order valence-corrected chi connectivity index (χ1v) is 15.9. The molecule has 204 valence electrons. The average Bonchev–Trinajstić information content (AvgIpc) is 3.67. The zero-order chi connectivity index (χ0) is 28.8. The quantitative estimate of drug-likeness (QED) is 0.181. The van der Waals surface area contributed by atoms with Crippen molar-refractivity contribution in [2.24, 2.45) is 0 Å². The molecule has 0 aliphatic heterocycles. The Kier molecular flexibility index (Phi) is 4.94. The second kappa shape index (κ2) is 9.03. The van der Waals surface area contributed by atoms with E-state index in [9.17, 15) is 0 Å². The fourth-order valence-corrected chi connectivity index (χ4v) is 8.61. The molecule has 10 rings (SSSR count). The number of nitrogens with zero attached hydrogens (tertiary/aromatic N) is 1. The molecular weight excluding hydrogens is 551 g/mol. The lowest BCUT2D eigenvalue weighted by atomic mass is 9.90. The van der Waals surface area contributed by atoms with Crippen molar-refractivity contribution >= 4 is 80.2 Å². The first-order valence-electron chi connectivity index (χ1n) is 15.1. The summed E-state index contributed by atoms with van der Waals surface area (Å²) in [6, 6.07) is 55.9. The van der Waals surface area contributed by atoms with E-state index in [0.717, 1.165) is 0 Å². The Morgan fingerprint density at radius 1 is 0.386 bits per heavy atom. The Hall–Kier alpha value is -5.44. The van der Waals surface area contributed by atoms with Gasteiger partial charge in [-0.15, -0.1) is 11.3 Å². The minimum absolute atomic E-state index is 1.21. The predicted molar refractivity (Wildman–Crippen MR) is 191 cm³/mol. The van der Waals surface area contributed by atoms with Gasteiger partial charge in [-0.2, -0.15) is 0 Å². The van der Waals surface area contributed by atoms with Crippen molar-refractivity contribution in [2.75, 3.05) is 0 Å². The van der Waals surface area contributed by atoms with Gasteiger partial charge in [0.05, 0.1) is 16.7 Å². The van der Waals surface area contributed by atoms with E-state index in [1.54, 1.807) is 0 Å². The van der Waals surface area contributed by atoms with E-state index >= 15 is 0 Å². The standard InChI is InChI=1S/C42H25NS/c1-3-13-26(14-4-1)33-23-36(27-15-5-2-6-16-27)43-37-24-34-30-19-11-12-22-38(30)44-39(34)25-35(37)40-31-20-9-7-17-28(31)29-18-8-10-21-32(29)41(40)42(33)43/h1-25H. The topological polar surface area (TPSA) is 4.41 Å². The molecule has 0 N–H and O–H groups in total. The van der Waals surface area contributed by atoms with Gasteiger partial charge in [0.2, 0.25) is 0 Å². The normalized spacial score (nSPS) is 12.1. The van der Waals surface area contributed by atoms with Crippen molar-refractivity contribution in [2.45, 2.75) is 0 Å². The maximum atomic E-state index is 2.56. The Morgan fingerprint density at radius 2 is 0.955 bits per heavy atom. The zero-order valence-corrected chi connectivity index (χ0v) is 24.6. The van der Waals surface area contributed by atoms with Crippen LogP contribution in [-0.2, 0) is 0 Å². The maximum absolute atomic E-state index is 2.56. The largest absolute Gasteiger partial charge is 0.308 e. The Morgan fingerprint density at radius 3 is 1.66 bits per heavy atom. The van der Waals surface area contributed by atoms with Crippen LogP contribution in [0.1, 0.15) is 0 Å². The van der Waals surface area contributed by atoms with Crippen LogP contribution in [0, 0.1) is 0 Å². The molecule has 1 nitrogen and oxygen atoms in total. The second-order valence-corrected chi connectivity index (χ2v) is 12.7. The van der Waals surface area contributed by atoms with E-state index in [0.29, 0.717) is 0 Å². The third-order valence-corrected chi connectivity index (χ3v) is 10.5. The van der Waals surface area contributed by atoms with Gasteiger partial charge in [0, 0.05) is 41.9 Å². The van der Waals surface area contributed by atoms with Gasteiger partial charge in [0.25, 0.3) is 0 Å². The van der Waals surface area contributed by atoms with Crippen molar-refractivity contribution in [3.8, 4) is 22.4 Å². The number of thiophene rings is 1. The van der Waals surface area contributed by atoms with Gasteiger partial charge in [-0.1, -0.05) is 127 Å². The van der Waals surface area contributed by atoms with E-state index in [1.165, 1.54) is 91.3 Å². The van der Waals surface area contributed by atoms with Gasteiger partial charge in [-0.25, -0.2) is 0 Å². The van der Waals surface area contributed by atoms with E-state index in [4.69, 9.17) is 0 Å². The Labute approximate surface area is 257 Å². The van der Waals surface area contributed by atoms with E-state index < -0.39 is 0 Å². The Balaban J connectivity index is 1.58. The molecule has 0 spiro atoms. The fraction of sp³-hybridized carbons (Fsp3) is 0. The predicted octanol–water partition coefficient (Wildman–Crippen LogP) is 12.3. The summed E-state index contributed by atoms with van der Waals surface area (Å²) >= 11 is 1.89. The van der Waals surface area contributed by atoms with Crippen LogP contribution in [0.5, 0.6) is 0 Å². The summed E-state index contributed by atoms with van der Waals surface area (Å²) in [6.45, 7) is 0. The Bertz CT molecular complexity index is 2750. The van der Waals surface area contributed by atoms with Crippen LogP contribution in [0.2, 0.25) is 0 Å². The van der Waals surface area contributed by atoms with Gasteiger partial charge in [0.15, 0.2) is 0 Å². The molecule has 0 saturated heterocycles. The highest BCUT2D eigenvalue weighted by Crippen LogP contribution is 2.48. The molecule has 0 saturated carbocycles. The number of rotatable bonds is 2. The first kappa shape index (κ1) is 24.0. The number of fused-ring (bicyclic) bond motifs is 14. The average molecular weight is 576 g/mol. The number of benzene rings is 7. The highest BCUT2D eigenvalue weighted by Gasteiger charge is 2.23. The minimum Gasteiger partial charge on any atom is -0.308 e. The van der Waals surface area contributed by atoms with E-state index in [-0.39, 0.29) is 0 Å². The highest BCUT2D eigenvalue weighted by molar-refractivity contribution is 7.25. The lowest BCUT2D eigenvalue weighted by Gasteiger charge is -2.18. The van der Waals surface area contributed by atoms with Crippen LogP contribution in [0.15, 0.2) is 152 Å². The molecule has 0 amide bonds. The molecule has 7 aromatic carbocycles. The molecule has 44 heavy (non-hydrogen) atoms. The lowest BCUT2D eigenvalue weighted by Crippen LogP contribution is -1.96. The number of hydrogen-bond acceptors (Lipinski definition) is 1. The lowest BCUT2D eigenvalue weighted by molar-refractivity contribution is 1.29. The summed E-state index contributed by atoms with van der Waals surface area (Å²) in [5.41, 5.74) is 7.41. The van der Waals surface area contributed by atoms with E-state index in [2.05, 4.69) is 156 Å². The van der Waals surface area contributed by atoms with Crippen molar-refractivity contribution in [1.29, 1.82) is 0 Å². The summed E-state index contributed by atoms with van der Waals surface area (Å²) in [5.74, 6) is 0. The van der Waals surface area contributed by atoms with Crippen molar-refractivity contribution < 1.29 is 0 Å². The van der Waals surface area contributed by atoms with Gasteiger partial charge < -0.3 is 4.40 Å². The van der Waals surface area contributed by atoms with Crippen molar-refractivity contribution in [1.82, 2.24) is 4.40 Å². The zero-order valence-electron chi connectivity index (χ0n) is 23.8. The molecule has 0 atom stereocenters. The van der Waals surface area contributed by atoms with Crippen LogP contribution in [0.25, 0.3) is 91.3 Å². The number of pyridine rings is 1. The first-order chi connectivity index (χ1) is 21.8. The molecule has 2 heteroatoms. The van der Waals surface area contributed by atoms with Gasteiger partial charge in [-0.05, 0) is 56.9 Å². The second-order valence-electron chi connectivity index (χ2n) is 11.7. The van der Waals surface area contributed by atoms with Crippen LogP contribution in [-0.4, -0.2) is 4.40 Å². The third kappa shape index (κ3) is 3.23. The molecule has 3 heterocycles. The summed E-state index contributed by atoms with van der Waals surface area (Å²) in [4.78, 5) is 0.